The largest absolute Gasteiger partial charge is 0.341 e. The van der Waals surface area contributed by atoms with E-state index in [1.54, 1.807) is 0 Å². The summed E-state index contributed by atoms with van der Waals surface area (Å²) in [5.41, 5.74) is 2.32. The fourth-order valence-corrected chi connectivity index (χ4v) is 2.61. The van der Waals surface area contributed by atoms with Gasteiger partial charge in [0.05, 0.1) is 0 Å². The highest BCUT2D eigenvalue weighted by atomic mass is 15.2. The van der Waals surface area contributed by atoms with Gasteiger partial charge in [-0.2, -0.15) is 0 Å². The maximum Gasteiger partial charge on any atom is 0.225 e. The molecule has 1 aliphatic rings. The van der Waals surface area contributed by atoms with E-state index >= 15 is 0 Å². The number of aromatic nitrogens is 2. The first-order chi connectivity index (χ1) is 9.22. The molecule has 1 aliphatic heterocycles. The molecule has 0 saturated carbocycles. The molecule has 0 spiro atoms. The third-order valence-electron chi connectivity index (χ3n) is 3.81. The number of nitrogens with one attached hydrogen (secondary N) is 1. The van der Waals surface area contributed by atoms with Crippen LogP contribution in [0.15, 0.2) is 6.20 Å². The van der Waals surface area contributed by atoms with Gasteiger partial charge in [-0.3, -0.25) is 0 Å². The van der Waals surface area contributed by atoms with E-state index in [4.69, 9.17) is 4.98 Å². The Labute approximate surface area is 116 Å². The Bertz CT molecular complexity index is 399. The van der Waals surface area contributed by atoms with Gasteiger partial charge in [0, 0.05) is 36.6 Å². The molecule has 0 aromatic carbocycles. The zero-order valence-electron chi connectivity index (χ0n) is 12.4. The molecule has 1 unspecified atom stereocenters. The Hall–Kier alpha value is -1.16. The monoisotopic (exact) mass is 262 g/mol. The average Bonchev–Trinajstić information content (AvgIpc) is 2.45. The molecule has 1 saturated heterocycles. The molecule has 0 aliphatic carbocycles. The van der Waals surface area contributed by atoms with Crippen LogP contribution in [0.5, 0.6) is 0 Å². The van der Waals surface area contributed by atoms with Crippen LogP contribution >= 0.6 is 0 Å². The number of aryl methyl sites for hydroxylation is 1. The van der Waals surface area contributed by atoms with Gasteiger partial charge in [-0.05, 0) is 46.1 Å². The van der Waals surface area contributed by atoms with Crippen molar-refractivity contribution in [1.82, 2.24) is 15.3 Å². The molecule has 2 heterocycles. The molecule has 106 valence electrons. The van der Waals surface area contributed by atoms with Crippen LogP contribution in [0.2, 0.25) is 0 Å². The van der Waals surface area contributed by atoms with E-state index in [0.29, 0.717) is 6.04 Å². The fourth-order valence-electron chi connectivity index (χ4n) is 2.61. The second-order valence-electron chi connectivity index (χ2n) is 5.43. The van der Waals surface area contributed by atoms with E-state index in [2.05, 4.69) is 36.0 Å². The van der Waals surface area contributed by atoms with Gasteiger partial charge in [0.25, 0.3) is 0 Å². The summed E-state index contributed by atoms with van der Waals surface area (Å²) < 4.78 is 0. The third-order valence-corrected chi connectivity index (χ3v) is 3.81. The SMILES string of the molecule is CCCNC(C)c1cnc(N2CCCCC2)nc1C. The summed E-state index contributed by atoms with van der Waals surface area (Å²) in [5.74, 6) is 0.906. The van der Waals surface area contributed by atoms with E-state index in [1.807, 2.05) is 6.20 Å². The van der Waals surface area contributed by atoms with E-state index in [-0.39, 0.29) is 0 Å². The number of nitrogens with zero attached hydrogens (tertiary/aromatic N) is 3. The molecule has 4 nitrogen and oxygen atoms in total. The Morgan fingerprint density at radius 1 is 1.32 bits per heavy atom. The highest BCUT2D eigenvalue weighted by molar-refractivity contribution is 5.34. The van der Waals surface area contributed by atoms with Gasteiger partial charge in [-0.15, -0.1) is 0 Å². The Morgan fingerprint density at radius 2 is 2.05 bits per heavy atom. The Kier molecular flexibility index (Phi) is 5.14. The first kappa shape index (κ1) is 14.3. The Morgan fingerprint density at radius 3 is 2.68 bits per heavy atom. The van der Waals surface area contributed by atoms with Crippen LogP contribution in [-0.4, -0.2) is 29.6 Å². The van der Waals surface area contributed by atoms with Gasteiger partial charge < -0.3 is 10.2 Å². The molecule has 19 heavy (non-hydrogen) atoms. The maximum atomic E-state index is 4.70. The van der Waals surface area contributed by atoms with Crippen molar-refractivity contribution in [3.63, 3.8) is 0 Å². The van der Waals surface area contributed by atoms with Crippen molar-refractivity contribution in [3.8, 4) is 0 Å². The quantitative estimate of drug-likeness (QED) is 0.886. The van der Waals surface area contributed by atoms with Crippen molar-refractivity contribution < 1.29 is 0 Å². The van der Waals surface area contributed by atoms with Gasteiger partial charge in [0.15, 0.2) is 0 Å². The minimum Gasteiger partial charge on any atom is -0.341 e. The van der Waals surface area contributed by atoms with Crippen molar-refractivity contribution in [2.75, 3.05) is 24.5 Å². The van der Waals surface area contributed by atoms with Crippen molar-refractivity contribution in [2.24, 2.45) is 0 Å². The summed E-state index contributed by atoms with van der Waals surface area (Å²) in [6, 6.07) is 0.329. The van der Waals surface area contributed by atoms with Crippen molar-refractivity contribution >= 4 is 5.95 Å². The maximum absolute atomic E-state index is 4.70. The van der Waals surface area contributed by atoms with Crippen LogP contribution in [-0.2, 0) is 0 Å². The predicted molar refractivity (Wildman–Crippen MR) is 79.5 cm³/mol. The second kappa shape index (κ2) is 6.85. The number of anilines is 1. The third kappa shape index (κ3) is 3.66. The zero-order valence-corrected chi connectivity index (χ0v) is 12.4. The molecule has 2 rings (SSSR count). The van der Waals surface area contributed by atoms with E-state index in [0.717, 1.165) is 37.7 Å². The first-order valence-electron chi connectivity index (χ1n) is 7.54. The zero-order chi connectivity index (χ0) is 13.7. The van der Waals surface area contributed by atoms with Gasteiger partial charge >= 0.3 is 0 Å². The summed E-state index contributed by atoms with van der Waals surface area (Å²) >= 11 is 0. The topological polar surface area (TPSA) is 41.1 Å². The van der Waals surface area contributed by atoms with Crippen LogP contribution in [0, 0.1) is 6.92 Å². The van der Waals surface area contributed by atoms with Crippen LogP contribution in [0.3, 0.4) is 0 Å². The molecule has 0 amide bonds. The van der Waals surface area contributed by atoms with E-state index < -0.39 is 0 Å². The molecule has 1 atom stereocenters. The number of hydrogen-bond donors (Lipinski definition) is 1. The molecular weight excluding hydrogens is 236 g/mol. The predicted octanol–water partition coefficient (Wildman–Crippen LogP) is 2.84. The van der Waals surface area contributed by atoms with Crippen molar-refractivity contribution in [2.45, 2.75) is 52.5 Å². The van der Waals surface area contributed by atoms with Gasteiger partial charge in [0.1, 0.15) is 0 Å². The van der Waals surface area contributed by atoms with Crippen LogP contribution in [0.4, 0.5) is 5.95 Å². The lowest BCUT2D eigenvalue weighted by Gasteiger charge is -2.27. The lowest BCUT2D eigenvalue weighted by molar-refractivity contribution is 0.555. The summed E-state index contributed by atoms with van der Waals surface area (Å²) in [6.45, 7) is 9.69. The average molecular weight is 262 g/mol. The highest BCUT2D eigenvalue weighted by Crippen LogP contribution is 2.20. The minimum absolute atomic E-state index is 0.329. The molecule has 1 fully saturated rings. The van der Waals surface area contributed by atoms with Gasteiger partial charge in [-0.25, -0.2) is 9.97 Å². The number of piperidine rings is 1. The molecule has 0 radical (unpaired) electrons. The smallest absolute Gasteiger partial charge is 0.225 e. The lowest BCUT2D eigenvalue weighted by Crippen LogP contribution is -2.31. The van der Waals surface area contributed by atoms with E-state index in [9.17, 15) is 0 Å². The molecule has 0 bridgehead atoms. The summed E-state index contributed by atoms with van der Waals surface area (Å²) in [4.78, 5) is 11.6. The molecule has 1 aromatic rings. The first-order valence-corrected chi connectivity index (χ1v) is 7.54. The van der Waals surface area contributed by atoms with Crippen LogP contribution in [0.1, 0.15) is 56.8 Å². The van der Waals surface area contributed by atoms with Gasteiger partial charge in [-0.1, -0.05) is 6.92 Å². The number of rotatable bonds is 5. The molecule has 4 heteroatoms. The van der Waals surface area contributed by atoms with E-state index in [1.165, 1.54) is 24.8 Å². The van der Waals surface area contributed by atoms with Gasteiger partial charge in [0.2, 0.25) is 5.95 Å². The minimum atomic E-state index is 0.329. The molecule has 1 N–H and O–H groups in total. The normalized spacial score (nSPS) is 17.5. The fraction of sp³-hybridized carbons (Fsp3) is 0.733. The summed E-state index contributed by atoms with van der Waals surface area (Å²) in [5, 5.41) is 3.49. The second-order valence-corrected chi connectivity index (χ2v) is 5.43. The van der Waals surface area contributed by atoms with Crippen LogP contribution < -0.4 is 10.2 Å². The number of hydrogen-bond acceptors (Lipinski definition) is 4. The molecular formula is C15H26N4. The Balaban J connectivity index is 2.07. The summed E-state index contributed by atoms with van der Waals surface area (Å²) in [6.07, 6.45) is 7.01. The standard InChI is InChI=1S/C15H26N4/c1-4-8-16-12(2)14-11-17-15(18-13(14)3)19-9-6-5-7-10-19/h11-12,16H,4-10H2,1-3H3. The summed E-state index contributed by atoms with van der Waals surface area (Å²) in [7, 11) is 0. The lowest BCUT2D eigenvalue weighted by atomic mass is 10.1. The molecule has 1 aromatic heterocycles. The highest BCUT2D eigenvalue weighted by Gasteiger charge is 2.16. The van der Waals surface area contributed by atoms with Crippen molar-refractivity contribution in [3.05, 3.63) is 17.5 Å². The van der Waals surface area contributed by atoms with Crippen LogP contribution in [0.25, 0.3) is 0 Å². The van der Waals surface area contributed by atoms with Crippen molar-refractivity contribution in [1.29, 1.82) is 0 Å².